The third kappa shape index (κ3) is 2.80. The Hall–Kier alpha value is -2.40. The number of carbonyl (C=O) groups excluding carboxylic acids is 1. The summed E-state index contributed by atoms with van der Waals surface area (Å²) in [6.45, 7) is 4.28. The minimum atomic E-state index is -0.220. The van der Waals surface area contributed by atoms with Crippen molar-refractivity contribution in [3.05, 3.63) is 64.1 Å². The van der Waals surface area contributed by atoms with Gasteiger partial charge in [-0.25, -0.2) is 9.50 Å². The Bertz CT molecular complexity index is 839. The summed E-state index contributed by atoms with van der Waals surface area (Å²) in [7, 11) is 0. The second-order valence-corrected chi connectivity index (χ2v) is 5.52. The predicted molar refractivity (Wildman–Crippen MR) is 85.1 cm³/mol. The first kappa shape index (κ1) is 14.5. The summed E-state index contributed by atoms with van der Waals surface area (Å²) >= 11 is 5.84. The van der Waals surface area contributed by atoms with Gasteiger partial charge in [-0.1, -0.05) is 23.7 Å². The monoisotopic (exact) mass is 314 g/mol. The van der Waals surface area contributed by atoms with Gasteiger partial charge in [-0.05, 0) is 43.7 Å². The zero-order chi connectivity index (χ0) is 15.7. The summed E-state index contributed by atoms with van der Waals surface area (Å²) in [5.74, 6) is -0.220. The van der Waals surface area contributed by atoms with Crippen molar-refractivity contribution in [2.24, 2.45) is 0 Å². The van der Waals surface area contributed by atoms with Gasteiger partial charge in [-0.15, -0.1) is 0 Å². The molecule has 0 unspecified atom stereocenters. The molecule has 0 aliphatic rings. The summed E-state index contributed by atoms with van der Waals surface area (Å²) < 4.78 is 1.69. The third-order valence-corrected chi connectivity index (χ3v) is 3.79. The van der Waals surface area contributed by atoms with E-state index >= 15 is 0 Å². The molecule has 6 heteroatoms. The molecule has 0 atom stereocenters. The van der Waals surface area contributed by atoms with Crippen LogP contribution in [0.25, 0.3) is 5.65 Å². The van der Waals surface area contributed by atoms with Crippen LogP contribution < -0.4 is 5.32 Å². The van der Waals surface area contributed by atoms with E-state index < -0.39 is 0 Å². The summed E-state index contributed by atoms with van der Waals surface area (Å²) in [5, 5.41) is 7.86. The van der Waals surface area contributed by atoms with Gasteiger partial charge in [0.05, 0.1) is 11.4 Å². The number of hydrogen-bond donors (Lipinski definition) is 1. The molecule has 1 amide bonds. The number of imidazole rings is 1. The van der Waals surface area contributed by atoms with Gasteiger partial charge >= 0.3 is 0 Å². The number of halogens is 1. The highest BCUT2D eigenvalue weighted by Gasteiger charge is 2.11. The average Bonchev–Trinajstić information content (AvgIpc) is 2.81. The molecule has 0 aliphatic heterocycles. The summed E-state index contributed by atoms with van der Waals surface area (Å²) in [6, 6.07) is 10.8. The van der Waals surface area contributed by atoms with Gasteiger partial charge in [0.15, 0.2) is 5.65 Å². The Balaban J connectivity index is 1.77. The van der Waals surface area contributed by atoms with Crippen LogP contribution in [-0.4, -0.2) is 20.5 Å². The van der Waals surface area contributed by atoms with Crippen molar-refractivity contribution in [2.45, 2.75) is 20.4 Å². The second-order valence-electron chi connectivity index (χ2n) is 5.08. The maximum Gasteiger partial charge on any atom is 0.272 e. The molecular formula is C16H15ClN4O. The average molecular weight is 315 g/mol. The molecule has 1 N–H and O–H groups in total. The van der Waals surface area contributed by atoms with Crippen LogP contribution in [0.1, 0.15) is 27.4 Å². The van der Waals surface area contributed by atoms with E-state index in [0.29, 0.717) is 17.3 Å². The van der Waals surface area contributed by atoms with Crippen LogP contribution in [0.15, 0.2) is 36.4 Å². The molecule has 3 aromatic rings. The fraction of sp³-hybridized carbons (Fsp3) is 0.188. The van der Waals surface area contributed by atoms with Crippen LogP contribution in [0, 0.1) is 13.8 Å². The van der Waals surface area contributed by atoms with Gasteiger partial charge in [0.2, 0.25) is 0 Å². The van der Waals surface area contributed by atoms with Crippen LogP contribution in [0.3, 0.4) is 0 Å². The molecule has 2 aromatic heterocycles. The van der Waals surface area contributed by atoms with Crippen LogP contribution in [0.2, 0.25) is 5.02 Å². The normalized spacial score (nSPS) is 10.9. The SMILES string of the molecule is Cc1nc2ccc(C(=O)NCc3ccc(Cl)cc3)nn2c1C. The van der Waals surface area contributed by atoms with Crippen molar-refractivity contribution in [1.29, 1.82) is 0 Å². The Morgan fingerprint density at radius 3 is 2.64 bits per heavy atom. The molecule has 2 heterocycles. The first-order valence-corrected chi connectivity index (χ1v) is 7.28. The molecule has 0 aliphatic carbocycles. The molecule has 0 radical (unpaired) electrons. The largest absolute Gasteiger partial charge is 0.347 e. The highest BCUT2D eigenvalue weighted by molar-refractivity contribution is 6.30. The lowest BCUT2D eigenvalue weighted by atomic mass is 10.2. The molecular weight excluding hydrogens is 300 g/mol. The van der Waals surface area contributed by atoms with E-state index in [2.05, 4.69) is 15.4 Å². The maximum absolute atomic E-state index is 12.2. The smallest absolute Gasteiger partial charge is 0.272 e. The summed E-state index contributed by atoms with van der Waals surface area (Å²) in [5.41, 5.74) is 3.92. The van der Waals surface area contributed by atoms with E-state index in [1.807, 2.05) is 26.0 Å². The van der Waals surface area contributed by atoms with Crippen molar-refractivity contribution in [2.75, 3.05) is 0 Å². The summed E-state index contributed by atoms with van der Waals surface area (Å²) in [4.78, 5) is 16.6. The first-order chi connectivity index (χ1) is 10.5. The van der Waals surface area contributed by atoms with E-state index in [4.69, 9.17) is 11.6 Å². The fourth-order valence-electron chi connectivity index (χ4n) is 2.15. The lowest BCUT2D eigenvalue weighted by molar-refractivity contribution is 0.0944. The molecule has 22 heavy (non-hydrogen) atoms. The van der Waals surface area contributed by atoms with Gasteiger partial charge in [0.1, 0.15) is 5.69 Å². The predicted octanol–water partition coefficient (Wildman–Crippen LogP) is 2.93. The third-order valence-electron chi connectivity index (χ3n) is 3.54. The number of rotatable bonds is 3. The summed E-state index contributed by atoms with van der Waals surface area (Å²) in [6.07, 6.45) is 0. The minimum Gasteiger partial charge on any atom is -0.347 e. The Morgan fingerprint density at radius 1 is 1.18 bits per heavy atom. The maximum atomic E-state index is 12.2. The Labute approximate surface area is 132 Å². The molecule has 5 nitrogen and oxygen atoms in total. The van der Waals surface area contributed by atoms with Gasteiger partial charge in [-0.3, -0.25) is 4.79 Å². The number of carbonyl (C=O) groups is 1. The zero-order valence-corrected chi connectivity index (χ0v) is 13.1. The first-order valence-electron chi connectivity index (χ1n) is 6.90. The van der Waals surface area contributed by atoms with Crippen LogP contribution in [0.4, 0.5) is 0 Å². The molecule has 112 valence electrons. The van der Waals surface area contributed by atoms with E-state index in [9.17, 15) is 4.79 Å². The zero-order valence-electron chi connectivity index (χ0n) is 12.3. The van der Waals surface area contributed by atoms with E-state index in [-0.39, 0.29) is 5.91 Å². The molecule has 3 rings (SSSR count). The van der Waals surface area contributed by atoms with Crippen LogP contribution in [0.5, 0.6) is 0 Å². The van der Waals surface area contributed by atoms with Crippen molar-refractivity contribution in [1.82, 2.24) is 19.9 Å². The number of hydrogen-bond acceptors (Lipinski definition) is 3. The van der Waals surface area contributed by atoms with E-state index in [1.54, 1.807) is 28.8 Å². The Kier molecular flexibility index (Phi) is 3.81. The van der Waals surface area contributed by atoms with Crippen LogP contribution >= 0.6 is 11.6 Å². The number of amides is 1. The van der Waals surface area contributed by atoms with Gasteiger partial charge in [-0.2, -0.15) is 5.10 Å². The number of aromatic nitrogens is 3. The number of nitrogens with zero attached hydrogens (tertiary/aromatic N) is 3. The van der Waals surface area contributed by atoms with Crippen molar-refractivity contribution >= 4 is 23.2 Å². The van der Waals surface area contributed by atoms with Gasteiger partial charge < -0.3 is 5.32 Å². The number of nitrogens with one attached hydrogen (secondary N) is 1. The molecule has 0 saturated carbocycles. The van der Waals surface area contributed by atoms with Crippen molar-refractivity contribution < 1.29 is 4.79 Å². The molecule has 0 saturated heterocycles. The molecule has 0 spiro atoms. The number of aryl methyl sites for hydroxylation is 2. The van der Waals surface area contributed by atoms with Crippen molar-refractivity contribution in [3.8, 4) is 0 Å². The topological polar surface area (TPSA) is 59.3 Å². The number of benzene rings is 1. The van der Waals surface area contributed by atoms with E-state index in [0.717, 1.165) is 22.6 Å². The van der Waals surface area contributed by atoms with Gasteiger partial charge in [0, 0.05) is 11.6 Å². The quantitative estimate of drug-likeness (QED) is 0.808. The van der Waals surface area contributed by atoms with Crippen LogP contribution in [-0.2, 0) is 6.54 Å². The Morgan fingerprint density at radius 2 is 1.91 bits per heavy atom. The number of fused-ring (bicyclic) bond motifs is 1. The fourth-order valence-corrected chi connectivity index (χ4v) is 2.28. The molecule has 1 aromatic carbocycles. The lowest BCUT2D eigenvalue weighted by Gasteiger charge is -2.05. The van der Waals surface area contributed by atoms with E-state index in [1.165, 1.54) is 0 Å². The highest BCUT2D eigenvalue weighted by Crippen LogP contribution is 2.11. The molecule has 0 bridgehead atoms. The molecule has 0 fully saturated rings. The standard InChI is InChI=1S/C16H15ClN4O/c1-10-11(2)21-15(19-10)8-7-14(20-21)16(22)18-9-12-3-5-13(17)6-4-12/h3-8H,9H2,1-2H3,(H,18,22). The van der Waals surface area contributed by atoms with Gasteiger partial charge in [0.25, 0.3) is 5.91 Å². The lowest BCUT2D eigenvalue weighted by Crippen LogP contribution is -2.24. The minimum absolute atomic E-state index is 0.220. The highest BCUT2D eigenvalue weighted by atomic mass is 35.5. The van der Waals surface area contributed by atoms with Crippen molar-refractivity contribution in [3.63, 3.8) is 0 Å². The second kappa shape index (κ2) is 5.77.